The average molecular weight is 122 g/mol. The van der Waals surface area contributed by atoms with Crippen molar-refractivity contribution in [2.75, 3.05) is 0 Å². The minimum atomic E-state index is -0.00241. The van der Waals surface area contributed by atoms with Crippen molar-refractivity contribution in [2.24, 2.45) is 0 Å². The van der Waals surface area contributed by atoms with Crippen LogP contribution in [0, 0.1) is 0 Å². The highest BCUT2D eigenvalue weighted by atomic mass is 16.1. The van der Waals surface area contributed by atoms with E-state index in [-0.39, 0.29) is 5.78 Å². The lowest BCUT2D eigenvalue weighted by molar-refractivity contribution is -0.110. The maximum atomic E-state index is 10.6. The number of carbonyl (C=O) groups is 1. The Morgan fingerprint density at radius 2 is 2.11 bits per heavy atom. The Morgan fingerprint density at radius 3 is 2.56 bits per heavy atom. The second-order valence-corrected chi connectivity index (χ2v) is 1.50. The van der Waals surface area contributed by atoms with Gasteiger partial charge >= 0.3 is 0 Å². The van der Waals surface area contributed by atoms with Crippen molar-refractivity contribution >= 4 is 5.78 Å². The summed E-state index contributed by atoms with van der Waals surface area (Å²) in [6.45, 7) is 5.23. The highest BCUT2D eigenvalue weighted by Crippen LogP contribution is 1.79. The van der Waals surface area contributed by atoms with E-state index in [0.717, 1.165) is 0 Å². The number of carbonyl (C=O) groups excluding carboxylic acids is 1. The molecule has 0 saturated carbocycles. The summed E-state index contributed by atoms with van der Waals surface area (Å²) in [5, 5.41) is 0. The number of hydrogen-bond acceptors (Lipinski definition) is 1. The second kappa shape index (κ2) is 5.04. The van der Waals surface area contributed by atoms with Crippen molar-refractivity contribution in [3.63, 3.8) is 0 Å². The zero-order chi connectivity index (χ0) is 7.11. The van der Waals surface area contributed by atoms with Crippen LogP contribution in [0.4, 0.5) is 0 Å². The lowest BCUT2D eigenvalue weighted by Gasteiger charge is -1.76. The molecule has 0 aliphatic heterocycles. The van der Waals surface area contributed by atoms with Gasteiger partial charge in [0.15, 0.2) is 5.78 Å². The molecule has 48 valence electrons. The highest BCUT2D eigenvalue weighted by molar-refractivity contribution is 5.99. The minimum Gasteiger partial charge on any atom is -0.290 e. The zero-order valence-corrected chi connectivity index (χ0v) is 5.50. The van der Waals surface area contributed by atoms with Gasteiger partial charge in [0.1, 0.15) is 0 Å². The van der Waals surface area contributed by atoms with Gasteiger partial charge in [0.25, 0.3) is 0 Å². The van der Waals surface area contributed by atoms with Gasteiger partial charge in [0.2, 0.25) is 0 Å². The molecule has 0 amide bonds. The summed E-state index contributed by atoms with van der Waals surface area (Å²) in [4.78, 5) is 10.6. The first kappa shape index (κ1) is 7.89. The Labute approximate surface area is 55.4 Å². The van der Waals surface area contributed by atoms with E-state index in [4.69, 9.17) is 0 Å². The summed E-state index contributed by atoms with van der Waals surface area (Å²) in [5.41, 5.74) is 0. The predicted octanol–water partition coefficient (Wildman–Crippen LogP) is 1.87. The van der Waals surface area contributed by atoms with Gasteiger partial charge in [0.05, 0.1) is 0 Å². The number of allylic oxidation sites excluding steroid dienone is 5. The fraction of sp³-hybridized carbons (Fsp3) is 0.125. The molecule has 0 spiro atoms. The summed E-state index contributed by atoms with van der Waals surface area (Å²) in [5.74, 6) is -0.00241. The van der Waals surface area contributed by atoms with E-state index in [9.17, 15) is 4.79 Å². The number of rotatable bonds is 3. The molecule has 0 N–H and O–H groups in total. The Kier molecular flexibility index (Phi) is 4.41. The van der Waals surface area contributed by atoms with Gasteiger partial charge in [-0.25, -0.2) is 0 Å². The van der Waals surface area contributed by atoms with Crippen LogP contribution in [0.15, 0.2) is 37.0 Å². The van der Waals surface area contributed by atoms with E-state index in [1.54, 1.807) is 25.2 Å². The van der Waals surface area contributed by atoms with Gasteiger partial charge in [0, 0.05) is 0 Å². The maximum absolute atomic E-state index is 10.6. The molecule has 0 aromatic carbocycles. The molecule has 0 radical (unpaired) electrons. The molecule has 0 aromatic rings. The van der Waals surface area contributed by atoms with Crippen LogP contribution in [0.25, 0.3) is 0 Å². The lowest BCUT2D eigenvalue weighted by Crippen LogP contribution is -1.81. The molecule has 0 aliphatic carbocycles. The number of hydrogen-bond donors (Lipinski definition) is 0. The molecule has 0 unspecified atom stereocenters. The molecule has 0 rings (SSSR count). The first-order chi connectivity index (χ1) is 4.31. The van der Waals surface area contributed by atoms with Gasteiger partial charge < -0.3 is 0 Å². The smallest absolute Gasteiger partial charge is 0.178 e. The van der Waals surface area contributed by atoms with Crippen molar-refractivity contribution in [1.82, 2.24) is 0 Å². The molecule has 9 heavy (non-hydrogen) atoms. The third kappa shape index (κ3) is 4.75. The van der Waals surface area contributed by atoms with Gasteiger partial charge in [-0.1, -0.05) is 24.8 Å². The Hall–Kier alpha value is -1.11. The van der Waals surface area contributed by atoms with Crippen molar-refractivity contribution < 1.29 is 4.79 Å². The molecule has 0 fully saturated rings. The fourth-order valence-electron chi connectivity index (χ4n) is 0.383. The van der Waals surface area contributed by atoms with E-state index >= 15 is 0 Å². The molecule has 0 saturated heterocycles. The summed E-state index contributed by atoms with van der Waals surface area (Å²) in [6, 6.07) is 0. The first-order valence-corrected chi connectivity index (χ1v) is 2.77. The van der Waals surface area contributed by atoms with Crippen molar-refractivity contribution in [1.29, 1.82) is 0 Å². The van der Waals surface area contributed by atoms with E-state index in [1.165, 1.54) is 12.2 Å². The standard InChI is InChI=1S/C8H10O/c1-3-5-7-8(9)6-4-2/h3-7H,1H2,2H3/b6-4+,7-5-. The molecular weight excluding hydrogens is 112 g/mol. The van der Waals surface area contributed by atoms with Crippen molar-refractivity contribution in [3.8, 4) is 0 Å². The molecule has 0 atom stereocenters. The van der Waals surface area contributed by atoms with Crippen LogP contribution in [0.2, 0.25) is 0 Å². The maximum Gasteiger partial charge on any atom is 0.178 e. The molecular formula is C8H10O. The summed E-state index contributed by atoms with van der Waals surface area (Å²) >= 11 is 0. The van der Waals surface area contributed by atoms with Crippen LogP contribution in [-0.4, -0.2) is 5.78 Å². The van der Waals surface area contributed by atoms with Crippen LogP contribution in [0.5, 0.6) is 0 Å². The van der Waals surface area contributed by atoms with Crippen molar-refractivity contribution in [2.45, 2.75) is 6.92 Å². The van der Waals surface area contributed by atoms with E-state index in [2.05, 4.69) is 6.58 Å². The summed E-state index contributed by atoms with van der Waals surface area (Å²) in [6.07, 6.45) is 7.85. The molecule has 0 aromatic heterocycles. The quantitative estimate of drug-likeness (QED) is 0.412. The van der Waals surface area contributed by atoms with Crippen LogP contribution >= 0.6 is 0 Å². The summed E-state index contributed by atoms with van der Waals surface area (Å²) in [7, 11) is 0. The highest BCUT2D eigenvalue weighted by Gasteiger charge is 1.81. The van der Waals surface area contributed by atoms with Gasteiger partial charge in [-0.2, -0.15) is 0 Å². The predicted molar refractivity (Wildman–Crippen MR) is 39.2 cm³/mol. The van der Waals surface area contributed by atoms with Gasteiger partial charge in [-0.05, 0) is 19.1 Å². The van der Waals surface area contributed by atoms with Crippen LogP contribution in [0.3, 0.4) is 0 Å². The summed E-state index contributed by atoms with van der Waals surface area (Å²) < 4.78 is 0. The first-order valence-electron chi connectivity index (χ1n) is 2.77. The number of ketones is 1. The average Bonchev–Trinajstić information content (AvgIpc) is 1.85. The topological polar surface area (TPSA) is 17.1 Å². The Bertz CT molecular complexity index is 152. The zero-order valence-electron chi connectivity index (χ0n) is 5.50. The van der Waals surface area contributed by atoms with E-state index in [1.807, 2.05) is 0 Å². The van der Waals surface area contributed by atoms with Gasteiger partial charge in [-0.15, -0.1) is 0 Å². The fourth-order valence-corrected chi connectivity index (χ4v) is 0.383. The third-order valence-electron chi connectivity index (χ3n) is 0.728. The molecule has 0 aliphatic rings. The van der Waals surface area contributed by atoms with Crippen LogP contribution in [0.1, 0.15) is 6.92 Å². The lowest BCUT2D eigenvalue weighted by atomic mass is 10.3. The Balaban J connectivity index is 3.76. The molecule has 1 heteroatoms. The normalized spacial score (nSPS) is 10.8. The van der Waals surface area contributed by atoms with Crippen LogP contribution in [-0.2, 0) is 4.79 Å². The van der Waals surface area contributed by atoms with Crippen LogP contribution < -0.4 is 0 Å². The van der Waals surface area contributed by atoms with Crippen molar-refractivity contribution in [3.05, 3.63) is 37.0 Å². The monoisotopic (exact) mass is 122 g/mol. The Morgan fingerprint density at radius 1 is 1.44 bits per heavy atom. The molecule has 0 bridgehead atoms. The van der Waals surface area contributed by atoms with Gasteiger partial charge in [-0.3, -0.25) is 4.79 Å². The molecule has 1 nitrogen and oxygen atoms in total. The third-order valence-corrected chi connectivity index (χ3v) is 0.728. The largest absolute Gasteiger partial charge is 0.290 e. The van der Waals surface area contributed by atoms with E-state index < -0.39 is 0 Å². The SMILES string of the molecule is C=C/C=C\C(=O)/C=C/C. The second-order valence-electron chi connectivity index (χ2n) is 1.50. The molecule has 0 heterocycles. The minimum absolute atomic E-state index is 0.00241. The van der Waals surface area contributed by atoms with E-state index in [0.29, 0.717) is 0 Å².